The van der Waals surface area contributed by atoms with Crippen LogP contribution in [0.15, 0.2) is 71.9 Å². The Labute approximate surface area is 111 Å². The molecule has 0 saturated carbocycles. The molecule has 0 aliphatic carbocycles. The maximum Gasteiger partial charge on any atom is 0.0357 e. The molecule has 88 valence electrons. The molecule has 3 aromatic rings. The van der Waals surface area contributed by atoms with Crippen molar-refractivity contribution in [2.45, 2.75) is 10.6 Å². The van der Waals surface area contributed by atoms with Crippen LogP contribution in [-0.4, -0.2) is 4.98 Å². The lowest BCUT2D eigenvalue weighted by Crippen LogP contribution is -1.82. The lowest BCUT2D eigenvalue weighted by Gasteiger charge is -2.05. The molecule has 2 aromatic carbocycles. The monoisotopic (exact) mass is 251 g/mol. The Balaban J connectivity index is 1.87. The van der Waals surface area contributed by atoms with Crippen molar-refractivity contribution in [3.05, 3.63) is 72.6 Å². The molecule has 3 rings (SSSR count). The van der Waals surface area contributed by atoms with Gasteiger partial charge in [-0.3, -0.25) is 4.98 Å². The van der Waals surface area contributed by atoms with Crippen molar-refractivity contribution in [1.29, 1.82) is 0 Å². The Hall–Kier alpha value is -1.80. The van der Waals surface area contributed by atoms with Crippen LogP contribution in [0.3, 0.4) is 0 Å². The Morgan fingerprint density at radius 1 is 0.889 bits per heavy atom. The highest BCUT2D eigenvalue weighted by atomic mass is 32.2. The summed E-state index contributed by atoms with van der Waals surface area (Å²) in [6, 6.07) is 19.0. The summed E-state index contributed by atoms with van der Waals surface area (Å²) in [5.74, 6) is 0.995. The summed E-state index contributed by atoms with van der Waals surface area (Å²) < 4.78 is 0. The van der Waals surface area contributed by atoms with E-state index in [1.165, 1.54) is 21.2 Å². The third kappa shape index (κ3) is 2.39. The van der Waals surface area contributed by atoms with Gasteiger partial charge in [0.2, 0.25) is 0 Å². The first-order valence-electron chi connectivity index (χ1n) is 5.93. The van der Waals surface area contributed by atoms with Crippen LogP contribution in [-0.2, 0) is 5.75 Å². The molecule has 1 aromatic heterocycles. The number of hydrogen-bond donors (Lipinski definition) is 0. The van der Waals surface area contributed by atoms with Crippen molar-refractivity contribution in [2.24, 2.45) is 0 Å². The van der Waals surface area contributed by atoms with E-state index in [9.17, 15) is 0 Å². The summed E-state index contributed by atoms with van der Waals surface area (Å²) in [6.07, 6.45) is 3.79. The molecule has 0 aliphatic rings. The molecule has 0 bridgehead atoms. The predicted molar refractivity (Wildman–Crippen MR) is 77.7 cm³/mol. The SMILES string of the molecule is c1ccc(CSc2cccc3ccncc23)cc1. The smallest absolute Gasteiger partial charge is 0.0357 e. The average molecular weight is 251 g/mol. The van der Waals surface area contributed by atoms with Gasteiger partial charge in [0.25, 0.3) is 0 Å². The number of fused-ring (bicyclic) bond motifs is 1. The molecule has 0 N–H and O–H groups in total. The zero-order valence-corrected chi connectivity index (χ0v) is 10.7. The van der Waals surface area contributed by atoms with E-state index < -0.39 is 0 Å². The minimum Gasteiger partial charge on any atom is -0.264 e. The fraction of sp³-hybridized carbons (Fsp3) is 0.0625. The number of rotatable bonds is 3. The fourth-order valence-electron chi connectivity index (χ4n) is 1.95. The lowest BCUT2D eigenvalue weighted by atomic mass is 10.2. The fourth-order valence-corrected chi connectivity index (χ4v) is 2.96. The number of hydrogen-bond acceptors (Lipinski definition) is 2. The quantitative estimate of drug-likeness (QED) is 0.634. The van der Waals surface area contributed by atoms with E-state index in [0.717, 1.165) is 5.75 Å². The zero-order chi connectivity index (χ0) is 12.2. The molecule has 0 spiro atoms. The minimum atomic E-state index is 0.995. The molecule has 0 saturated heterocycles. The van der Waals surface area contributed by atoms with E-state index in [0.29, 0.717) is 0 Å². The van der Waals surface area contributed by atoms with Crippen molar-refractivity contribution in [1.82, 2.24) is 4.98 Å². The van der Waals surface area contributed by atoms with Crippen LogP contribution in [0.1, 0.15) is 5.56 Å². The summed E-state index contributed by atoms with van der Waals surface area (Å²) in [5.41, 5.74) is 1.35. The van der Waals surface area contributed by atoms with Crippen LogP contribution in [0, 0.1) is 0 Å². The van der Waals surface area contributed by atoms with Crippen LogP contribution in [0.25, 0.3) is 10.8 Å². The van der Waals surface area contributed by atoms with E-state index >= 15 is 0 Å². The van der Waals surface area contributed by atoms with Crippen LogP contribution < -0.4 is 0 Å². The molecule has 0 fully saturated rings. The second-order valence-electron chi connectivity index (χ2n) is 4.13. The Kier molecular flexibility index (Phi) is 3.29. The van der Waals surface area contributed by atoms with Crippen molar-refractivity contribution in [2.75, 3.05) is 0 Å². The molecule has 0 amide bonds. The lowest BCUT2D eigenvalue weighted by molar-refractivity contribution is 1.34. The van der Waals surface area contributed by atoms with Gasteiger partial charge in [-0.2, -0.15) is 0 Å². The maximum absolute atomic E-state index is 4.22. The predicted octanol–water partition coefficient (Wildman–Crippen LogP) is 4.53. The van der Waals surface area contributed by atoms with Gasteiger partial charge in [-0.05, 0) is 23.1 Å². The van der Waals surface area contributed by atoms with Crippen LogP contribution in [0.5, 0.6) is 0 Å². The molecule has 0 atom stereocenters. The van der Waals surface area contributed by atoms with E-state index in [-0.39, 0.29) is 0 Å². The highest BCUT2D eigenvalue weighted by Crippen LogP contribution is 2.29. The third-order valence-corrected chi connectivity index (χ3v) is 4.03. The summed E-state index contributed by atoms with van der Waals surface area (Å²) in [7, 11) is 0. The molecule has 1 heterocycles. The number of aromatic nitrogens is 1. The van der Waals surface area contributed by atoms with Gasteiger partial charge >= 0.3 is 0 Å². The van der Waals surface area contributed by atoms with Gasteiger partial charge in [-0.15, -0.1) is 11.8 Å². The Morgan fingerprint density at radius 3 is 2.67 bits per heavy atom. The average Bonchev–Trinajstić information content (AvgIpc) is 2.46. The number of nitrogens with zero attached hydrogens (tertiary/aromatic N) is 1. The van der Waals surface area contributed by atoms with E-state index in [1.54, 1.807) is 0 Å². The topological polar surface area (TPSA) is 12.9 Å². The number of thioether (sulfide) groups is 1. The minimum absolute atomic E-state index is 0.995. The van der Waals surface area contributed by atoms with Gasteiger partial charge < -0.3 is 0 Å². The van der Waals surface area contributed by atoms with Crippen molar-refractivity contribution in [3.63, 3.8) is 0 Å². The molecule has 2 heteroatoms. The highest BCUT2D eigenvalue weighted by molar-refractivity contribution is 7.98. The second-order valence-corrected chi connectivity index (χ2v) is 5.14. The summed E-state index contributed by atoms with van der Waals surface area (Å²) in [5, 5.41) is 2.49. The summed E-state index contributed by atoms with van der Waals surface area (Å²) in [4.78, 5) is 5.51. The molecule has 0 unspecified atom stereocenters. The largest absolute Gasteiger partial charge is 0.264 e. The Bertz CT molecular complexity index is 644. The van der Waals surface area contributed by atoms with Crippen molar-refractivity contribution in [3.8, 4) is 0 Å². The normalized spacial score (nSPS) is 10.7. The van der Waals surface area contributed by atoms with E-state index in [2.05, 4.69) is 59.6 Å². The molecule has 18 heavy (non-hydrogen) atoms. The first-order valence-corrected chi connectivity index (χ1v) is 6.91. The highest BCUT2D eigenvalue weighted by Gasteiger charge is 2.01. The molecular formula is C16H13NS. The first kappa shape index (κ1) is 11.3. The standard InChI is InChI=1S/C16H13NS/c1-2-5-13(6-3-1)12-18-16-8-4-7-14-9-10-17-11-15(14)16/h1-11H,12H2. The molecular weight excluding hydrogens is 238 g/mol. The summed E-state index contributed by atoms with van der Waals surface area (Å²) in [6.45, 7) is 0. The molecule has 0 aliphatic heterocycles. The number of benzene rings is 2. The Morgan fingerprint density at radius 2 is 1.78 bits per heavy atom. The molecule has 1 nitrogen and oxygen atoms in total. The first-order chi connectivity index (χ1) is 8.93. The van der Waals surface area contributed by atoms with Gasteiger partial charge in [0.05, 0.1) is 0 Å². The maximum atomic E-state index is 4.22. The number of pyridine rings is 1. The van der Waals surface area contributed by atoms with Crippen LogP contribution >= 0.6 is 11.8 Å². The second kappa shape index (κ2) is 5.23. The van der Waals surface area contributed by atoms with Crippen LogP contribution in [0.2, 0.25) is 0 Å². The van der Waals surface area contributed by atoms with Gasteiger partial charge in [0.1, 0.15) is 0 Å². The van der Waals surface area contributed by atoms with E-state index in [4.69, 9.17) is 0 Å². The van der Waals surface area contributed by atoms with Gasteiger partial charge in [-0.25, -0.2) is 0 Å². The van der Waals surface area contributed by atoms with Crippen molar-refractivity contribution < 1.29 is 0 Å². The van der Waals surface area contributed by atoms with Crippen molar-refractivity contribution >= 4 is 22.5 Å². The van der Waals surface area contributed by atoms with Crippen LogP contribution in [0.4, 0.5) is 0 Å². The van der Waals surface area contributed by atoms with Gasteiger partial charge in [-0.1, -0.05) is 42.5 Å². The van der Waals surface area contributed by atoms with Gasteiger partial charge in [0, 0.05) is 28.4 Å². The zero-order valence-electron chi connectivity index (χ0n) is 9.91. The third-order valence-electron chi connectivity index (χ3n) is 2.88. The summed E-state index contributed by atoms with van der Waals surface area (Å²) >= 11 is 1.86. The van der Waals surface area contributed by atoms with Gasteiger partial charge in [0.15, 0.2) is 0 Å². The van der Waals surface area contributed by atoms with E-state index in [1.807, 2.05) is 24.2 Å². The molecule has 0 radical (unpaired) electrons.